The van der Waals surface area contributed by atoms with E-state index in [1.165, 1.54) is 0 Å². The van der Waals surface area contributed by atoms with Crippen molar-refractivity contribution in [2.24, 2.45) is 0 Å². The average Bonchev–Trinajstić information content (AvgIpc) is 3.18. The highest BCUT2D eigenvalue weighted by atomic mass is 79.9. The quantitative estimate of drug-likeness (QED) is 0.370. The van der Waals surface area contributed by atoms with Gasteiger partial charge in [-0.1, -0.05) is 45.2 Å². The van der Waals surface area contributed by atoms with Crippen LogP contribution in [0.15, 0.2) is 57.6 Å². The Balaban J connectivity index is 1.72. The van der Waals surface area contributed by atoms with Crippen molar-refractivity contribution in [2.75, 3.05) is 6.61 Å². The molecule has 1 N–H and O–H groups in total. The Morgan fingerprint density at radius 3 is 2.43 bits per heavy atom. The fourth-order valence-corrected chi connectivity index (χ4v) is 3.62. The van der Waals surface area contributed by atoms with E-state index in [-0.39, 0.29) is 6.61 Å². The van der Waals surface area contributed by atoms with Crippen LogP contribution in [0.3, 0.4) is 0 Å². The molecule has 3 rings (SSSR count). The van der Waals surface area contributed by atoms with Crippen LogP contribution >= 0.6 is 39.1 Å². The number of hydrogen-bond acceptors (Lipinski definition) is 4. The number of rotatable bonds is 9. The number of halogens is 3. The van der Waals surface area contributed by atoms with E-state index in [9.17, 15) is 0 Å². The molecule has 0 amide bonds. The molecule has 3 aromatic rings. The van der Waals surface area contributed by atoms with Crippen molar-refractivity contribution >= 4 is 39.1 Å². The second-order valence-corrected chi connectivity index (χ2v) is 7.66. The zero-order valence-electron chi connectivity index (χ0n) is 15.3. The molecule has 4 nitrogen and oxygen atoms in total. The second-order valence-electron chi connectivity index (χ2n) is 6.00. The summed E-state index contributed by atoms with van der Waals surface area (Å²) in [5, 5.41) is 4.50. The van der Waals surface area contributed by atoms with Gasteiger partial charge >= 0.3 is 0 Å². The molecule has 1 heterocycles. The molecule has 0 spiro atoms. The van der Waals surface area contributed by atoms with E-state index in [0.29, 0.717) is 41.2 Å². The Morgan fingerprint density at radius 1 is 1.00 bits per heavy atom. The third-order valence-electron chi connectivity index (χ3n) is 4.04. The molecular weight excluding hydrogens is 465 g/mol. The zero-order chi connectivity index (χ0) is 19.9. The highest BCUT2D eigenvalue weighted by Gasteiger charge is 2.13. The minimum Gasteiger partial charge on any atom is -0.490 e. The van der Waals surface area contributed by atoms with Crippen LogP contribution in [-0.2, 0) is 19.7 Å². The van der Waals surface area contributed by atoms with Crippen molar-refractivity contribution in [3.8, 4) is 11.5 Å². The first kappa shape index (κ1) is 21.1. The van der Waals surface area contributed by atoms with Crippen molar-refractivity contribution in [1.82, 2.24) is 5.32 Å². The van der Waals surface area contributed by atoms with Crippen molar-refractivity contribution in [1.29, 1.82) is 0 Å². The van der Waals surface area contributed by atoms with Crippen LogP contribution in [0.2, 0.25) is 10.0 Å². The Morgan fingerprint density at radius 2 is 1.75 bits per heavy atom. The van der Waals surface area contributed by atoms with E-state index in [2.05, 4.69) is 21.2 Å². The molecule has 0 saturated heterocycles. The molecule has 7 heteroatoms. The van der Waals surface area contributed by atoms with Crippen molar-refractivity contribution in [2.45, 2.75) is 26.6 Å². The van der Waals surface area contributed by atoms with E-state index in [4.69, 9.17) is 37.1 Å². The molecule has 0 aliphatic carbocycles. The Hall–Kier alpha value is -1.66. The highest BCUT2D eigenvalue weighted by Crippen LogP contribution is 2.35. The number of nitrogens with one attached hydrogen (secondary N) is 1. The van der Waals surface area contributed by atoms with Crippen LogP contribution in [0, 0.1) is 0 Å². The maximum absolute atomic E-state index is 6.23. The summed E-state index contributed by atoms with van der Waals surface area (Å²) in [5.41, 5.74) is 1.80. The molecular formula is C21H20BrCl2NO3. The topological polar surface area (TPSA) is 43.6 Å². The van der Waals surface area contributed by atoms with Gasteiger partial charge in [0.2, 0.25) is 0 Å². The van der Waals surface area contributed by atoms with Gasteiger partial charge in [0.25, 0.3) is 0 Å². The maximum Gasteiger partial charge on any atom is 0.162 e. The summed E-state index contributed by atoms with van der Waals surface area (Å²) in [6.45, 7) is 4.02. The van der Waals surface area contributed by atoms with Gasteiger partial charge in [0.15, 0.2) is 11.5 Å². The fourth-order valence-electron chi connectivity index (χ4n) is 2.65. The smallest absolute Gasteiger partial charge is 0.162 e. The maximum atomic E-state index is 6.23. The molecule has 148 valence electrons. The molecule has 2 aromatic carbocycles. The molecule has 28 heavy (non-hydrogen) atoms. The molecule has 0 aliphatic rings. The van der Waals surface area contributed by atoms with Crippen LogP contribution in [-0.4, -0.2) is 6.61 Å². The Labute approximate surface area is 182 Å². The third-order valence-corrected chi connectivity index (χ3v) is 5.49. The number of furan rings is 1. The highest BCUT2D eigenvalue weighted by molar-refractivity contribution is 9.10. The van der Waals surface area contributed by atoms with Crippen molar-refractivity contribution < 1.29 is 13.9 Å². The number of benzene rings is 2. The van der Waals surface area contributed by atoms with E-state index in [0.717, 1.165) is 21.4 Å². The minimum atomic E-state index is 0.251. The van der Waals surface area contributed by atoms with Crippen LogP contribution in [0.5, 0.6) is 11.5 Å². The lowest BCUT2D eigenvalue weighted by Crippen LogP contribution is -2.13. The van der Waals surface area contributed by atoms with Crippen LogP contribution in [0.1, 0.15) is 23.8 Å². The van der Waals surface area contributed by atoms with Gasteiger partial charge in [-0.05, 0) is 48.9 Å². The van der Waals surface area contributed by atoms with E-state index in [1.54, 1.807) is 24.5 Å². The number of ether oxygens (including phenoxy) is 2. The molecule has 0 bridgehead atoms. The third kappa shape index (κ3) is 5.45. The molecule has 0 unspecified atom stereocenters. The summed E-state index contributed by atoms with van der Waals surface area (Å²) in [7, 11) is 0. The van der Waals surface area contributed by atoms with Crippen molar-refractivity contribution in [3.05, 3.63) is 80.1 Å². The number of hydrogen-bond donors (Lipinski definition) is 1. The Bertz CT molecular complexity index is 896. The zero-order valence-corrected chi connectivity index (χ0v) is 18.4. The predicted octanol–water partition coefficient (Wildman–Crippen LogP) is 6.62. The molecule has 1 aromatic heterocycles. The lowest BCUT2D eigenvalue weighted by atomic mass is 10.2. The van der Waals surface area contributed by atoms with E-state index in [1.807, 2.05) is 31.2 Å². The van der Waals surface area contributed by atoms with Gasteiger partial charge in [-0.3, -0.25) is 0 Å². The molecule has 0 aliphatic heterocycles. The summed E-state index contributed by atoms with van der Waals surface area (Å²) in [4.78, 5) is 0. The van der Waals surface area contributed by atoms with Gasteiger partial charge in [0.1, 0.15) is 12.4 Å². The van der Waals surface area contributed by atoms with Crippen molar-refractivity contribution in [3.63, 3.8) is 0 Å². The van der Waals surface area contributed by atoms with Gasteiger partial charge in [0.05, 0.1) is 19.4 Å². The summed E-state index contributed by atoms with van der Waals surface area (Å²) in [6, 6.07) is 13.1. The van der Waals surface area contributed by atoms with Crippen LogP contribution in [0.4, 0.5) is 0 Å². The molecule has 0 atom stereocenters. The largest absolute Gasteiger partial charge is 0.490 e. The minimum absolute atomic E-state index is 0.251. The van der Waals surface area contributed by atoms with Gasteiger partial charge in [0, 0.05) is 26.6 Å². The van der Waals surface area contributed by atoms with E-state index < -0.39 is 0 Å². The average molecular weight is 485 g/mol. The van der Waals surface area contributed by atoms with E-state index >= 15 is 0 Å². The fraction of sp³-hybridized carbons (Fsp3) is 0.238. The summed E-state index contributed by atoms with van der Waals surface area (Å²) >= 11 is 16.1. The van der Waals surface area contributed by atoms with Gasteiger partial charge < -0.3 is 19.2 Å². The van der Waals surface area contributed by atoms with Crippen LogP contribution < -0.4 is 14.8 Å². The molecule has 0 radical (unpaired) electrons. The monoisotopic (exact) mass is 483 g/mol. The molecule has 0 fully saturated rings. The first-order chi connectivity index (χ1) is 13.6. The first-order valence-electron chi connectivity index (χ1n) is 8.82. The normalized spacial score (nSPS) is 10.9. The Kier molecular flexibility index (Phi) is 7.68. The van der Waals surface area contributed by atoms with Gasteiger partial charge in [-0.15, -0.1) is 0 Å². The summed E-state index contributed by atoms with van der Waals surface area (Å²) in [5.74, 6) is 2.18. The predicted molar refractivity (Wildman–Crippen MR) is 115 cm³/mol. The molecule has 0 saturated carbocycles. The lowest BCUT2D eigenvalue weighted by molar-refractivity contribution is 0.269. The standard InChI is InChI=1S/C21H20BrCl2NO3/c1-2-26-20-9-14(11-25-12-15-5-4-8-27-15)17(22)10-21(20)28-13-16-18(23)6-3-7-19(16)24/h3-10,25H,2,11-13H2,1H3. The lowest BCUT2D eigenvalue weighted by Gasteiger charge is -2.16. The van der Waals surface area contributed by atoms with Gasteiger partial charge in [-0.2, -0.15) is 0 Å². The van der Waals surface area contributed by atoms with Gasteiger partial charge in [-0.25, -0.2) is 0 Å². The SMILES string of the molecule is CCOc1cc(CNCc2ccco2)c(Br)cc1OCc1c(Cl)cccc1Cl. The summed E-state index contributed by atoms with van der Waals surface area (Å²) in [6.07, 6.45) is 1.66. The second kappa shape index (κ2) is 10.2. The first-order valence-corrected chi connectivity index (χ1v) is 10.4. The van der Waals surface area contributed by atoms with Crippen LogP contribution in [0.25, 0.3) is 0 Å². The summed E-state index contributed by atoms with van der Waals surface area (Å²) < 4.78 is 18.0.